The first-order valence-electron chi connectivity index (χ1n) is 6.45. The van der Waals surface area contributed by atoms with Crippen LogP contribution in [0.2, 0.25) is 0 Å². The summed E-state index contributed by atoms with van der Waals surface area (Å²) >= 11 is 1.88. The van der Waals surface area contributed by atoms with Gasteiger partial charge < -0.3 is 4.90 Å². The molecule has 1 aliphatic carbocycles. The van der Waals surface area contributed by atoms with Crippen molar-refractivity contribution in [2.75, 3.05) is 19.1 Å². The number of hydrogen-bond donors (Lipinski definition) is 2. The SMILES string of the molecule is CSCCC(C)N(C)C(=NC1CCCC1)NN. The Labute approximate surface area is 109 Å². The lowest BCUT2D eigenvalue weighted by atomic mass is 10.2. The highest BCUT2D eigenvalue weighted by atomic mass is 32.2. The smallest absolute Gasteiger partial charge is 0.208 e. The Balaban J connectivity index is 2.52. The lowest BCUT2D eigenvalue weighted by Gasteiger charge is -2.28. The second-order valence-electron chi connectivity index (χ2n) is 4.78. The number of guanidine groups is 1. The van der Waals surface area contributed by atoms with Gasteiger partial charge >= 0.3 is 0 Å². The van der Waals surface area contributed by atoms with Crippen molar-refractivity contribution in [3.8, 4) is 0 Å². The number of nitrogens with one attached hydrogen (secondary N) is 1. The van der Waals surface area contributed by atoms with E-state index < -0.39 is 0 Å². The van der Waals surface area contributed by atoms with E-state index in [0.717, 1.165) is 12.4 Å². The maximum absolute atomic E-state index is 5.59. The molecule has 0 aromatic carbocycles. The normalized spacial score (nSPS) is 19.4. The summed E-state index contributed by atoms with van der Waals surface area (Å²) in [5.41, 5.74) is 2.76. The third-order valence-electron chi connectivity index (χ3n) is 3.49. The minimum atomic E-state index is 0.469. The van der Waals surface area contributed by atoms with Gasteiger partial charge in [0, 0.05) is 13.1 Å². The molecule has 4 nitrogen and oxygen atoms in total. The minimum Gasteiger partial charge on any atom is -0.342 e. The van der Waals surface area contributed by atoms with E-state index in [1.165, 1.54) is 31.4 Å². The van der Waals surface area contributed by atoms with Crippen molar-refractivity contribution in [3.05, 3.63) is 0 Å². The van der Waals surface area contributed by atoms with Crippen LogP contribution in [-0.4, -0.2) is 42.0 Å². The molecular formula is C12H26N4S. The van der Waals surface area contributed by atoms with Crippen LogP contribution >= 0.6 is 11.8 Å². The van der Waals surface area contributed by atoms with Gasteiger partial charge in [0.25, 0.3) is 0 Å². The average Bonchev–Trinajstić information content (AvgIpc) is 2.84. The van der Waals surface area contributed by atoms with Crippen LogP contribution in [0.25, 0.3) is 0 Å². The lowest BCUT2D eigenvalue weighted by molar-refractivity contribution is 0.367. The van der Waals surface area contributed by atoms with Gasteiger partial charge in [0.1, 0.15) is 0 Å². The fraction of sp³-hybridized carbons (Fsp3) is 0.917. The van der Waals surface area contributed by atoms with E-state index >= 15 is 0 Å². The third-order valence-corrected chi connectivity index (χ3v) is 4.14. The zero-order valence-corrected chi connectivity index (χ0v) is 12.1. The summed E-state index contributed by atoms with van der Waals surface area (Å²) in [6, 6.07) is 0.940. The summed E-state index contributed by atoms with van der Waals surface area (Å²) in [6.07, 6.45) is 8.32. The summed E-state index contributed by atoms with van der Waals surface area (Å²) in [7, 11) is 2.07. The Morgan fingerprint density at radius 2 is 2.18 bits per heavy atom. The average molecular weight is 258 g/mol. The second kappa shape index (κ2) is 7.82. The van der Waals surface area contributed by atoms with Crippen molar-refractivity contribution < 1.29 is 0 Å². The van der Waals surface area contributed by atoms with Crippen LogP contribution < -0.4 is 11.3 Å². The molecule has 0 spiro atoms. The van der Waals surface area contributed by atoms with E-state index in [1.54, 1.807) is 0 Å². The minimum absolute atomic E-state index is 0.469. The summed E-state index contributed by atoms with van der Waals surface area (Å²) in [4.78, 5) is 6.88. The number of hydrazine groups is 1. The molecule has 17 heavy (non-hydrogen) atoms. The maximum Gasteiger partial charge on any atom is 0.208 e. The fourth-order valence-corrected chi connectivity index (χ4v) is 2.70. The van der Waals surface area contributed by atoms with Crippen LogP contribution in [0.15, 0.2) is 4.99 Å². The monoisotopic (exact) mass is 258 g/mol. The first kappa shape index (κ1) is 14.6. The lowest BCUT2D eigenvalue weighted by Crippen LogP contribution is -2.47. The van der Waals surface area contributed by atoms with Gasteiger partial charge in [-0.1, -0.05) is 12.8 Å². The molecule has 0 aliphatic heterocycles. The quantitative estimate of drug-likeness (QED) is 0.342. The first-order chi connectivity index (χ1) is 8.19. The summed E-state index contributed by atoms with van der Waals surface area (Å²) in [5, 5.41) is 0. The zero-order valence-electron chi connectivity index (χ0n) is 11.3. The van der Waals surface area contributed by atoms with E-state index in [1.807, 2.05) is 11.8 Å². The van der Waals surface area contributed by atoms with Crippen molar-refractivity contribution in [1.82, 2.24) is 10.3 Å². The second-order valence-corrected chi connectivity index (χ2v) is 5.76. The Bertz CT molecular complexity index is 239. The van der Waals surface area contributed by atoms with Crippen LogP contribution in [0.4, 0.5) is 0 Å². The molecule has 0 saturated heterocycles. The van der Waals surface area contributed by atoms with Gasteiger partial charge in [-0.25, -0.2) is 10.8 Å². The molecule has 1 aliphatic rings. The van der Waals surface area contributed by atoms with Crippen LogP contribution in [0.3, 0.4) is 0 Å². The molecule has 1 unspecified atom stereocenters. The highest BCUT2D eigenvalue weighted by Gasteiger charge is 2.18. The van der Waals surface area contributed by atoms with Crippen molar-refractivity contribution in [3.63, 3.8) is 0 Å². The molecule has 100 valence electrons. The van der Waals surface area contributed by atoms with Gasteiger partial charge in [-0.3, -0.25) is 5.43 Å². The number of nitrogens with zero attached hydrogens (tertiary/aromatic N) is 2. The Kier molecular flexibility index (Phi) is 6.73. The van der Waals surface area contributed by atoms with Crippen LogP contribution in [0.1, 0.15) is 39.0 Å². The predicted molar refractivity (Wildman–Crippen MR) is 77.2 cm³/mol. The number of aliphatic imine (C=N–C) groups is 1. The number of rotatable bonds is 5. The Morgan fingerprint density at radius 3 is 2.71 bits per heavy atom. The van der Waals surface area contributed by atoms with Crippen LogP contribution in [0, 0.1) is 0 Å². The highest BCUT2D eigenvalue weighted by molar-refractivity contribution is 7.98. The van der Waals surface area contributed by atoms with E-state index in [0.29, 0.717) is 12.1 Å². The van der Waals surface area contributed by atoms with Gasteiger partial charge in [-0.15, -0.1) is 0 Å². The Hall–Kier alpha value is -0.420. The van der Waals surface area contributed by atoms with Gasteiger partial charge in [0.05, 0.1) is 6.04 Å². The summed E-state index contributed by atoms with van der Waals surface area (Å²) in [5.74, 6) is 7.60. The maximum atomic E-state index is 5.59. The molecule has 1 rings (SSSR count). The molecule has 1 fully saturated rings. The van der Waals surface area contributed by atoms with E-state index in [2.05, 4.69) is 30.6 Å². The number of thioether (sulfide) groups is 1. The standard InChI is InChI=1S/C12H26N4S/c1-10(8-9-17-3)16(2)12(15-13)14-11-6-4-5-7-11/h10-11H,4-9,13H2,1-3H3,(H,14,15). The van der Waals surface area contributed by atoms with Gasteiger partial charge in [-0.05, 0) is 38.2 Å². The molecular weight excluding hydrogens is 232 g/mol. The topological polar surface area (TPSA) is 53.6 Å². The van der Waals surface area contributed by atoms with Gasteiger partial charge in [-0.2, -0.15) is 11.8 Å². The van der Waals surface area contributed by atoms with Crippen molar-refractivity contribution in [2.45, 2.75) is 51.1 Å². The van der Waals surface area contributed by atoms with Gasteiger partial charge in [0.2, 0.25) is 5.96 Å². The molecule has 0 heterocycles. The molecule has 0 radical (unpaired) electrons. The van der Waals surface area contributed by atoms with Crippen molar-refractivity contribution >= 4 is 17.7 Å². The largest absolute Gasteiger partial charge is 0.342 e. The first-order valence-corrected chi connectivity index (χ1v) is 7.84. The third kappa shape index (κ3) is 4.76. The molecule has 0 bridgehead atoms. The molecule has 0 aromatic rings. The molecule has 1 saturated carbocycles. The predicted octanol–water partition coefficient (Wildman–Crippen LogP) is 1.82. The van der Waals surface area contributed by atoms with E-state index in [-0.39, 0.29) is 0 Å². The molecule has 1 atom stereocenters. The summed E-state index contributed by atoms with van der Waals surface area (Å²) < 4.78 is 0. The number of nitrogens with two attached hydrogens (primary N) is 1. The number of hydrogen-bond acceptors (Lipinski definition) is 3. The van der Waals surface area contributed by atoms with E-state index in [9.17, 15) is 0 Å². The van der Waals surface area contributed by atoms with Crippen LogP contribution in [-0.2, 0) is 0 Å². The molecule has 0 aromatic heterocycles. The van der Waals surface area contributed by atoms with Crippen molar-refractivity contribution in [2.24, 2.45) is 10.8 Å². The van der Waals surface area contributed by atoms with E-state index in [4.69, 9.17) is 10.8 Å². The van der Waals surface area contributed by atoms with Crippen molar-refractivity contribution in [1.29, 1.82) is 0 Å². The van der Waals surface area contributed by atoms with Crippen LogP contribution in [0.5, 0.6) is 0 Å². The Morgan fingerprint density at radius 1 is 1.53 bits per heavy atom. The molecule has 3 N–H and O–H groups in total. The summed E-state index contributed by atoms with van der Waals surface area (Å²) in [6.45, 7) is 2.22. The molecule has 5 heteroatoms. The molecule has 0 amide bonds. The zero-order chi connectivity index (χ0) is 12.7. The fourth-order valence-electron chi connectivity index (χ4n) is 2.13. The van der Waals surface area contributed by atoms with Gasteiger partial charge in [0.15, 0.2) is 0 Å². The highest BCUT2D eigenvalue weighted by Crippen LogP contribution is 2.21.